The summed E-state index contributed by atoms with van der Waals surface area (Å²) in [6, 6.07) is 0.0188. The molecule has 2 fully saturated rings. The third-order valence-corrected chi connectivity index (χ3v) is 10.3. The molecule has 3 aromatic rings. The number of likely N-dealkylation sites (tertiary alicyclic amines) is 1. The maximum absolute atomic E-state index is 14.7. The Morgan fingerprint density at radius 1 is 0.891 bits per heavy atom. The van der Waals surface area contributed by atoms with Crippen LogP contribution in [0.2, 0.25) is 10.0 Å². The van der Waals surface area contributed by atoms with E-state index in [2.05, 4.69) is 10.6 Å². The van der Waals surface area contributed by atoms with Gasteiger partial charge in [-0.05, 0) is 49.1 Å². The average molecular weight is 810 g/mol. The Morgan fingerprint density at radius 2 is 1.55 bits per heavy atom. The number of phenols is 3. The van der Waals surface area contributed by atoms with E-state index in [4.69, 9.17) is 27.9 Å². The number of nitrogens with one attached hydrogen (secondary N) is 2. The fourth-order valence-electron chi connectivity index (χ4n) is 6.70. The van der Waals surface area contributed by atoms with Gasteiger partial charge < -0.3 is 50.5 Å². The summed E-state index contributed by atoms with van der Waals surface area (Å²) in [4.78, 5) is 69.0. The topological polar surface area (TPSA) is 230 Å². The van der Waals surface area contributed by atoms with Gasteiger partial charge >= 0.3 is 25.1 Å². The highest BCUT2D eigenvalue weighted by atomic mass is 35.5. The van der Waals surface area contributed by atoms with Gasteiger partial charge in [-0.2, -0.15) is 0 Å². The van der Waals surface area contributed by atoms with E-state index in [1.54, 1.807) is 0 Å². The normalized spacial score (nSPS) is 17.8. The number of aromatic carboxylic acids is 1. The molecule has 0 saturated carbocycles. The quantitative estimate of drug-likeness (QED) is 0.135. The second-order valence-electron chi connectivity index (χ2n) is 12.8. The fraction of sp³-hybridized carbons (Fsp3) is 0.303. The van der Waals surface area contributed by atoms with Gasteiger partial charge in [0.2, 0.25) is 5.91 Å². The van der Waals surface area contributed by atoms with Crippen molar-refractivity contribution in [2.24, 2.45) is 0 Å². The lowest BCUT2D eigenvalue weighted by Crippen LogP contribution is -2.56. The molecule has 0 aliphatic carbocycles. The van der Waals surface area contributed by atoms with Crippen molar-refractivity contribution in [3.8, 4) is 23.0 Å². The van der Waals surface area contributed by atoms with E-state index >= 15 is 0 Å². The number of carbonyl (C=O) groups is 5. The van der Waals surface area contributed by atoms with Crippen molar-refractivity contribution in [3.63, 3.8) is 0 Å². The van der Waals surface area contributed by atoms with Gasteiger partial charge in [-0.1, -0.05) is 29.3 Å². The van der Waals surface area contributed by atoms with Crippen LogP contribution < -0.4 is 15.3 Å². The molecule has 0 spiro atoms. The summed E-state index contributed by atoms with van der Waals surface area (Å²) in [5.74, 6) is -11.9. The smallest absolute Gasteiger partial charge is 0.534 e. The highest BCUT2D eigenvalue weighted by Gasteiger charge is 2.43. The van der Waals surface area contributed by atoms with Gasteiger partial charge in [0.15, 0.2) is 17.3 Å². The number of benzene rings is 3. The number of carbonyl (C=O) groups excluding carboxylic acids is 4. The lowest BCUT2D eigenvalue weighted by molar-refractivity contribution is -0.123. The molecular formula is C33H29BCl2F3N5O11. The molecule has 55 heavy (non-hydrogen) atoms. The van der Waals surface area contributed by atoms with Crippen LogP contribution in [0.4, 0.5) is 22.8 Å². The highest BCUT2D eigenvalue weighted by Crippen LogP contribution is 2.41. The molecule has 0 aromatic heterocycles. The van der Waals surface area contributed by atoms with Crippen LogP contribution in [0.1, 0.15) is 50.7 Å². The van der Waals surface area contributed by atoms with Crippen molar-refractivity contribution in [3.05, 3.63) is 80.1 Å². The molecule has 0 radical (unpaired) electrons. The van der Waals surface area contributed by atoms with Gasteiger partial charge in [-0.15, -0.1) is 0 Å². The van der Waals surface area contributed by atoms with Crippen molar-refractivity contribution >= 4 is 60.2 Å². The molecule has 6 amide bonds. The summed E-state index contributed by atoms with van der Waals surface area (Å²) < 4.78 is 48.6. The van der Waals surface area contributed by atoms with E-state index in [9.17, 15) is 62.6 Å². The third-order valence-electron chi connectivity index (χ3n) is 9.55. The molecule has 6 rings (SSSR count). The van der Waals surface area contributed by atoms with E-state index in [1.807, 2.05) is 0 Å². The van der Waals surface area contributed by atoms with Gasteiger partial charge in [-0.3, -0.25) is 9.59 Å². The monoisotopic (exact) mass is 809 g/mol. The van der Waals surface area contributed by atoms with E-state index in [0.29, 0.717) is 6.07 Å². The van der Waals surface area contributed by atoms with E-state index < -0.39 is 122 Å². The predicted molar refractivity (Wildman–Crippen MR) is 184 cm³/mol. The molecule has 290 valence electrons. The molecule has 3 aliphatic rings. The molecule has 3 aliphatic heterocycles. The number of piperidine rings is 1. The van der Waals surface area contributed by atoms with Crippen LogP contribution in [-0.2, 0) is 11.2 Å². The first-order valence-corrected chi connectivity index (χ1v) is 17.2. The summed E-state index contributed by atoms with van der Waals surface area (Å²) in [7, 11) is -1.96. The van der Waals surface area contributed by atoms with Crippen molar-refractivity contribution in [2.45, 2.75) is 37.3 Å². The lowest BCUT2D eigenvalue weighted by Gasteiger charge is -2.36. The number of amides is 6. The first kappa shape index (κ1) is 39.1. The summed E-state index contributed by atoms with van der Waals surface area (Å²) >= 11 is 12.1. The Morgan fingerprint density at radius 3 is 2.22 bits per heavy atom. The lowest BCUT2D eigenvalue weighted by atomic mass is 9.72. The number of fused-ring (bicyclic) bond motifs is 1. The minimum absolute atomic E-state index is 0.0219. The zero-order valence-electron chi connectivity index (χ0n) is 28.1. The van der Waals surface area contributed by atoms with Crippen molar-refractivity contribution < 1.29 is 67.2 Å². The second-order valence-corrected chi connectivity index (χ2v) is 13.5. The number of hydrogen-bond acceptors (Lipinski definition) is 10. The van der Waals surface area contributed by atoms with Crippen molar-refractivity contribution in [1.82, 2.24) is 25.3 Å². The number of halogens is 5. The van der Waals surface area contributed by atoms with Gasteiger partial charge in [0.05, 0.1) is 21.5 Å². The molecule has 3 heterocycles. The molecule has 0 bridgehead atoms. The molecule has 2 saturated heterocycles. The zero-order valence-corrected chi connectivity index (χ0v) is 29.6. The van der Waals surface area contributed by atoms with Crippen LogP contribution in [0.15, 0.2) is 30.3 Å². The number of carboxylic acid groups (broad SMARTS) is 1. The van der Waals surface area contributed by atoms with E-state index in [-0.39, 0.29) is 51.0 Å². The third kappa shape index (κ3) is 7.31. The van der Waals surface area contributed by atoms with Crippen LogP contribution in [0.3, 0.4) is 0 Å². The number of urea groups is 2. The summed E-state index contributed by atoms with van der Waals surface area (Å²) in [5, 5.41) is 53.5. The highest BCUT2D eigenvalue weighted by molar-refractivity contribution is 6.47. The van der Waals surface area contributed by atoms with E-state index in [1.165, 1.54) is 15.9 Å². The van der Waals surface area contributed by atoms with Gasteiger partial charge in [0, 0.05) is 37.8 Å². The number of aromatic hydroxyl groups is 3. The predicted octanol–water partition coefficient (Wildman–Crippen LogP) is 3.16. The summed E-state index contributed by atoms with van der Waals surface area (Å²) in [6.07, 6.45) is 0.118. The standard InChI is InChI=1S/C33H29BCl2F3N5O11/c35-23-15(12-18(39)26(46)27(23)47)25(29(48)40-20-11-13-1-2-17(38)22(31(50)51)28(13)55-34(20)54)41-32(52)44-10-9-43(33(44)53)14-5-7-42(8-6-14)30(49)21-16(37)3-4-19(45)24(21)36/h1-4,12,14,20,25,45-47,54H,5-11H2,(H,40,48)(H,41,52)(H,50,51)/t20-,25+/m0/s1. The minimum Gasteiger partial charge on any atom is -0.534 e. The SMILES string of the molecule is O=C(O)c1c(F)ccc2c1OB(O)[C@@H](NC(=O)[C@H](NC(=O)N1CCN(C3CCN(C(=O)c4c(F)ccc(O)c4Cl)CC3)C1=O)c1cc(F)c(O)c(O)c1Cl)C2. The molecule has 2 atom stereocenters. The summed E-state index contributed by atoms with van der Waals surface area (Å²) in [5.41, 5.74) is -1.86. The van der Waals surface area contributed by atoms with Crippen LogP contribution in [0, 0.1) is 17.5 Å². The van der Waals surface area contributed by atoms with Crippen LogP contribution in [0.25, 0.3) is 0 Å². The number of carboxylic acids is 1. The Hall–Kier alpha value is -5.60. The molecule has 7 N–H and O–H groups in total. The largest absolute Gasteiger partial charge is 0.547 e. The second kappa shape index (κ2) is 15.3. The molecule has 0 unspecified atom stereocenters. The Balaban J connectivity index is 1.17. The zero-order chi connectivity index (χ0) is 40.0. The number of hydrogen-bond donors (Lipinski definition) is 7. The first-order valence-electron chi connectivity index (χ1n) is 16.4. The van der Waals surface area contributed by atoms with Crippen molar-refractivity contribution in [1.29, 1.82) is 0 Å². The summed E-state index contributed by atoms with van der Waals surface area (Å²) in [6.45, 7) is -0.0433. The van der Waals surface area contributed by atoms with E-state index in [0.717, 1.165) is 23.1 Å². The average Bonchev–Trinajstić information content (AvgIpc) is 3.54. The van der Waals surface area contributed by atoms with Crippen LogP contribution >= 0.6 is 23.2 Å². The van der Waals surface area contributed by atoms with Gasteiger partial charge in [0.25, 0.3) is 5.91 Å². The number of nitrogens with zero attached hydrogens (tertiary/aromatic N) is 3. The van der Waals surface area contributed by atoms with Gasteiger partial charge in [0.1, 0.15) is 34.7 Å². The van der Waals surface area contributed by atoms with Gasteiger partial charge in [-0.25, -0.2) is 32.5 Å². The maximum Gasteiger partial charge on any atom is 0.547 e. The molecule has 16 nitrogen and oxygen atoms in total. The van der Waals surface area contributed by atoms with Crippen LogP contribution in [-0.4, -0.2) is 115 Å². The first-order chi connectivity index (χ1) is 26.0. The molecule has 22 heteroatoms. The number of imide groups is 1. The fourth-order valence-corrected chi connectivity index (χ4v) is 7.19. The minimum atomic E-state index is -2.00. The molecular weight excluding hydrogens is 781 g/mol. The van der Waals surface area contributed by atoms with Crippen molar-refractivity contribution in [2.75, 3.05) is 26.2 Å². The number of rotatable bonds is 7. The Bertz CT molecular complexity index is 2130. The van der Waals surface area contributed by atoms with Crippen LogP contribution in [0.5, 0.6) is 23.0 Å². The Kier molecular flexibility index (Phi) is 10.9. The maximum atomic E-state index is 14.7. The Labute approximate surface area is 318 Å². The molecule has 3 aromatic carbocycles. The number of phenolic OH excluding ortho intramolecular Hbond substituents is 3.